The van der Waals surface area contributed by atoms with Crippen molar-refractivity contribution in [3.63, 3.8) is 0 Å². The topological polar surface area (TPSA) is 68.8 Å². The molecule has 0 fully saturated rings. The Labute approximate surface area is 179 Å². The van der Waals surface area contributed by atoms with Crippen molar-refractivity contribution in [2.24, 2.45) is 0 Å². The minimum atomic E-state index is -1.77. The third-order valence-corrected chi connectivity index (χ3v) is 5.61. The summed E-state index contributed by atoms with van der Waals surface area (Å²) in [6, 6.07) is 10.1. The fourth-order valence-electron chi connectivity index (χ4n) is 3.43. The Morgan fingerprint density at radius 3 is 2.67 bits per heavy atom. The molecular formula is C21H18BrF2N5O. The SMILES string of the molecule is C[C@@H](n1cc(-c2cccc(Br)c2)cn1)[C@](O)(Cn1cncn1)c1ccc(F)cc1F. The molecule has 0 saturated heterocycles. The molecule has 2 atom stereocenters. The summed E-state index contributed by atoms with van der Waals surface area (Å²) < 4.78 is 32.1. The monoisotopic (exact) mass is 473 g/mol. The molecule has 4 aromatic rings. The lowest BCUT2D eigenvalue weighted by molar-refractivity contribution is -0.0368. The molecule has 9 heteroatoms. The van der Waals surface area contributed by atoms with Crippen molar-refractivity contribution in [1.29, 1.82) is 0 Å². The second-order valence-electron chi connectivity index (χ2n) is 7.04. The van der Waals surface area contributed by atoms with Crippen molar-refractivity contribution >= 4 is 15.9 Å². The lowest BCUT2D eigenvalue weighted by Crippen LogP contribution is -2.40. The van der Waals surface area contributed by atoms with Gasteiger partial charge in [-0.3, -0.25) is 4.68 Å². The maximum Gasteiger partial charge on any atom is 0.137 e. The molecule has 1 N–H and O–H groups in total. The molecule has 0 aliphatic rings. The van der Waals surface area contributed by atoms with Gasteiger partial charge < -0.3 is 5.11 Å². The molecule has 0 saturated carbocycles. The maximum atomic E-state index is 14.7. The highest BCUT2D eigenvalue weighted by Gasteiger charge is 2.40. The number of hydrogen-bond acceptors (Lipinski definition) is 4. The smallest absolute Gasteiger partial charge is 0.137 e. The van der Waals surface area contributed by atoms with E-state index >= 15 is 0 Å². The van der Waals surface area contributed by atoms with E-state index in [1.807, 2.05) is 24.3 Å². The van der Waals surface area contributed by atoms with Crippen LogP contribution in [0.4, 0.5) is 8.78 Å². The lowest BCUT2D eigenvalue weighted by Gasteiger charge is -2.34. The number of hydrogen-bond donors (Lipinski definition) is 1. The van der Waals surface area contributed by atoms with E-state index in [0.29, 0.717) is 0 Å². The van der Waals surface area contributed by atoms with Gasteiger partial charge in [-0.1, -0.05) is 34.1 Å². The zero-order valence-corrected chi connectivity index (χ0v) is 17.5. The van der Waals surface area contributed by atoms with Gasteiger partial charge in [-0.25, -0.2) is 18.4 Å². The van der Waals surface area contributed by atoms with Gasteiger partial charge in [0.15, 0.2) is 0 Å². The molecule has 2 aromatic carbocycles. The second-order valence-corrected chi connectivity index (χ2v) is 7.95. The predicted molar refractivity (Wildman–Crippen MR) is 110 cm³/mol. The van der Waals surface area contributed by atoms with Crippen LogP contribution < -0.4 is 0 Å². The summed E-state index contributed by atoms with van der Waals surface area (Å²) >= 11 is 3.45. The van der Waals surface area contributed by atoms with Crippen LogP contribution in [0.3, 0.4) is 0 Å². The molecule has 0 bridgehead atoms. The summed E-state index contributed by atoms with van der Waals surface area (Å²) in [6.45, 7) is 1.63. The first kappa shape index (κ1) is 20.4. The van der Waals surface area contributed by atoms with Gasteiger partial charge in [0.25, 0.3) is 0 Å². The first-order chi connectivity index (χ1) is 14.4. The van der Waals surface area contributed by atoms with Crippen molar-refractivity contribution in [3.05, 3.63) is 89.2 Å². The number of aliphatic hydroxyl groups is 1. The molecule has 0 aliphatic carbocycles. The average Bonchev–Trinajstić information content (AvgIpc) is 3.39. The van der Waals surface area contributed by atoms with E-state index < -0.39 is 23.3 Å². The number of benzene rings is 2. The predicted octanol–water partition coefficient (Wildman–Crippen LogP) is 4.33. The minimum absolute atomic E-state index is 0.0496. The molecule has 0 radical (unpaired) electrons. The molecule has 0 amide bonds. The Bertz CT molecular complexity index is 1160. The fourth-order valence-corrected chi connectivity index (χ4v) is 3.83. The standard InChI is InChI=1S/C21H18BrF2N5O/c1-14(29-10-16(9-26-29)15-3-2-4-17(22)7-15)21(30,11-28-13-25-12-27-28)19-6-5-18(23)8-20(19)24/h2-10,12-14,30H,11H2,1H3/t14-,21-/m1/s1. The summed E-state index contributed by atoms with van der Waals surface area (Å²) in [7, 11) is 0. The molecule has 6 nitrogen and oxygen atoms in total. The normalized spacial score (nSPS) is 14.4. The summed E-state index contributed by atoms with van der Waals surface area (Å²) in [4.78, 5) is 3.88. The summed E-state index contributed by atoms with van der Waals surface area (Å²) in [5, 5.41) is 20.1. The minimum Gasteiger partial charge on any atom is -0.381 e. The van der Waals surface area contributed by atoms with Gasteiger partial charge in [0.2, 0.25) is 0 Å². The first-order valence-electron chi connectivity index (χ1n) is 9.17. The third-order valence-electron chi connectivity index (χ3n) is 5.11. The molecular weight excluding hydrogens is 456 g/mol. The maximum absolute atomic E-state index is 14.7. The van der Waals surface area contributed by atoms with Gasteiger partial charge in [-0.15, -0.1) is 0 Å². The van der Waals surface area contributed by atoms with Crippen LogP contribution in [0.15, 0.2) is 72.0 Å². The van der Waals surface area contributed by atoms with E-state index in [4.69, 9.17) is 0 Å². The van der Waals surface area contributed by atoms with Crippen LogP contribution in [-0.4, -0.2) is 29.7 Å². The van der Waals surface area contributed by atoms with E-state index in [-0.39, 0.29) is 12.1 Å². The van der Waals surface area contributed by atoms with Crippen LogP contribution in [-0.2, 0) is 12.1 Å². The lowest BCUT2D eigenvalue weighted by atomic mass is 9.86. The highest BCUT2D eigenvalue weighted by atomic mass is 79.9. The Morgan fingerprint density at radius 2 is 1.97 bits per heavy atom. The molecule has 0 unspecified atom stereocenters. The van der Waals surface area contributed by atoms with Gasteiger partial charge in [-0.05, 0) is 30.7 Å². The van der Waals surface area contributed by atoms with Crippen molar-refractivity contribution in [3.8, 4) is 11.1 Å². The number of aromatic nitrogens is 5. The van der Waals surface area contributed by atoms with Crippen LogP contribution >= 0.6 is 15.9 Å². The van der Waals surface area contributed by atoms with Gasteiger partial charge in [0, 0.05) is 27.9 Å². The Balaban J connectivity index is 1.75. The van der Waals surface area contributed by atoms with E-state index in [2.05, 4.69) is 31.1 Å². The number of nitrogens with zero attached hydrogens (tertiary/aromatic N) is 5. The van der Waals surface area contributed by atoms with Crippen LogP contribution in [0.5, 0.6) is 0 Å². The molecule has 2 heterocycles. The van der Waals surface area contributed by atoms with E-state index in [1.165, 1.54) is 23.4 Å². The van der Waals surface area contributed by atoms with Crippen molar-refractivity contribution in [2.45, 2.75) is 25.1 Å². The van der Waals surface area contributed by atoms with Crippen LogP contribution in [0.1, 0.15) is 18.5 Å². The van der Waals surface area contributed by atoms with Crippen LogP contribution in [0, 0.1) is 11.6 Å². The van der Waals surface area contributed by atoms with E-state index in [0.717, 1.165) is 27.7 Å². The quantitative estimate of drug-likeness (QED) is 0.452. The molecule has 2 aromatic heterocycles. The molecule has 4 rings (SSSR count). The van der Waals surface area contributed by atoms with Crippen LogP contribution in [0.2, 0.25) is 0 Å². The highest BCUT2D eigenvalue weighted by molar-refractivity contribution is 9.10. The fraction of sp³-hybridized carbons (Fsp3) is 0.190. The Hall–Kier alpha value is -2.91. The highest BCUT2D eigenvalue weighted by Crippen LogP contribution is 2.37. The van der Waals surface area contributed by atoms with Gasteiger partial charge in [-0.2, -0.15) is 10.2 Å². The number of rotatable bonds is 6. The van der Waals surface area contributed by atoms with Gasteiger partial charge >= 0.3 is 0 Å². The van der Waals surface area contributed by atoms with Crippen molar-refractivity contribution < 1.29 is 13.9 Å². The van der Waals surface area contributed by atoms with Gasteiger partial charge in [0.05, 0.1) is 18.8 Å². The van der Waals surface area contributed by atoms with Crippen molar-refractivity contribution in [2.75, 3.05) is 0 Å². The number of halogens is 3. The van der Waals surface area contributed by atoms with Crippen molar-refractivity contribution in [1.82, 2.24) is 24.5 Å². The first-order valence-corrected chi connectivity index (χ1v) is 9.96. The zero-order chi connectivity index (χ0) is 21.3. The van der Waals surface area contributed by atoms with Crippen LogP contribution in [0.25, 0.3) is 11.1 Å². The van der Waals surface area contributed by atoms with Gasteiger partial charge in [0.1, 0.15) is 29.9 Å². The van der Waals surface area contributed by atoms with E-state index in [9.17, 15) is 13.9 Å². The van der Waals surface area contributed by atoms with E-state index in [1.54, 1.807) is 24.0 Å². The zero-order valence-electron chi connectivity index (χ0n) is 16.0. The average molecular weight is 474 g/mol. The summed E-state index contributed by atoms with van der Waals surface area (Å²) in [5.41, 5.74) is -0.0423. The third kappa shape index (κ3) is 3.90. The largest absolute Gasteiger partial charge is 0.381 e. The molecule has 30 heavy (non-hydrogen) atoms. The summed E-state index contributed by atoms with van der Waals surface area (Å²) in [5.74, 6) is -1.56. The Morgan fingerprint density at radius 1 is 1.13 bits per heavy atom. The summed E-state index contributed by atoms with van der Waals surface area (Å²) in [6.07, 6.45) is 6.20. The molecule has 0 aliphatic heterocycles. The second kappa shape index (κ2) is 8.08. The molecule has 154 valence electrons. The Kier molecular flexibility index (Phi) is 5.48. The molecule has 0 spiro atoms.